The fourth-order valence-corrected chi connectivity index (χ4v) is 3.36. The van der Waals surface area contributed by atoms with Crippen molar-refractivity contribution in [1.29, 1.82) is 0 Å². The van der Waals surface area contributed by atoms with Crippen LogP contribution in [-0.4, -0.2) is 33.8 Å². The summed E-state index contributed by atoms with van der Waals surface area (Å²) >= 11 is 0. The molecule has 0 saturated carbocycles. The number of aromatic nitrogens is 2. The first-order valence-corrected chi connectivity index (χ1v) is 7.66. The Kier molecular flexibility index (Phi) is 4.99. The van der Waals surface area contributed by atoms with E-state index in [4.69, 9.17) is 5.73 Å². The zero-order valence-electron chi connectivity index (χ0n) is 12.5. The van der Waals surface area contributed by atoms with Crippen molar-refractivity contribution in [1.82, 2.24) is 14.7 Å². The molecule has 0 aliphatic carbocycles. The Morgan fingerprint density at radius 2 is 2.21 bits per heavy atom. The van der Waals surface area contributed by atoms with Gasteiger partial charge in [0.1, 0.15) is 0 Å². The van der Waals surface area contributed by atoms with E-state index in [2.05, 4.69) is 41.5 Å². The second kappa shape index (κ2) is 6.53. The van der Waals surface area contributed by atoms with E-state index >= 15 is 0 Å². The van der Waals surface area contributed by atoms with Crippen molar-refractivity contribution in [3.8, 4) is 0 Å². The van der Waals surface area contributed by atoms with Crippen molar-refractivity contribution in [2.24, 2.45) is 11.7 Å². The van der Waals surface area contributed by atoms with Crippen molar-refractivity contribution in [3.63, 3.8) is 0 Å². The van der Waals surface area contributed by atoms with Crippen LogP contribution in [0.25, 0.3) is 0 Å². The Morgan fingerprint density at radius 1 is 1.42 bits per heavy atom. The van der Waals surface area contributed by atoms with Crippen LogP contribution in [0.5, 0.6) is 0 Å². The van der Waals surface area contributed by atoms with Crippen molar-refractivity contribution in [2.75, 3.05) is 13.1 Å². The molecule has 108 valence electrons. The summed E-state index contributed by atoms with van der Waals surface area (Å²) in [7, 11) is 0. The van der Waals surface area contributed by atoms with E-state index in [1.165, 1.54) is 31.5 Å². The fourth-order valence-electron chi connectivity index (χ4n) is 3.36. The number of aryl methyl sites for hydroxylation is 1. The molecule has 1 aromatic heterocycles. The van der Waals surface area contributed by atoms with Gasteiger partial charge in [-0.3, -0.25) is 9.58 Å². The van der Waals surface area contributed by atoms with Crippen molar-refractivity contribution in [2.45, 2.75) is 58.7 Å². The topological polar surface area (TPSA) is 47.1 Å². The quantitative estimate of drug-likeness (QED) is 0.908. The van der Waals surface area contributed by atoms with Gasteiger partial charge in [0.25, 0.3) is 0 Å². The summed E-state index contributed by atoms with van der Waals surface area (Å²) in [4.78, 5) is 2.62. The Morgan fingerprint density at radius 3 is 2.84 bits per heavy atom. The largest absolute Gasteiger partial charge is 0.330 e. The molecule has 2 heterocycles. The van der Waals surface area contributed by atoms with Gasteiger partial charge in [-0.15, -0.1) is 0 Å². The molecule has 0 bridgehead atoms. The second-order valence-corrected chi connectivity index (χ2v) is 5.84. The SMILES string of the molecule is CCn1nccc1C1C(CN)CCCCN1C(C)C. The Bertz CT molecular complexity index is 385. The average molecular weight is 264 g/mol. The van der Waals surface area contributed by atoms with Crippen LogP contribution in [0.4, 0.5) is 0 Å². The summed E-state index contributed by atoms with van der Waals surface area (Å²) in [5.74, 6) is 0.548. The molecule has 4 heteroatoms. The lowest BCUT2D eigenvalue weighted by atomic mass is 9.91. The van der Waals surface area contributed by atoms with E-state index in [-0.39, 0.29) is 0 Å². The van der Waals surface area contributed by atoms with E-state index < -0.39 is 0 Å². The highest BCUT2D eigenvalue weighted by Gasteiger charge is 2.33. The second-order valence-electron chi connectivity index (χ2n) is 5.84. The molecule has 0 spiro atoms. The van der Waals surface area contributed by atoms with Crippen LogP contribution in [0.2, 0.25) is 0 Å². The standard InChI is InChI=1S/C15H28N4/c1-4-19-14(8-9-17-19)15-13(11-16)7-5-6-10-18(15)12(2)3/h8-9,12-13,15H,4-7,10-11,16H2,1-3H3. The van der Waals surface area contributed by atoms with Crippen molar-refractivity contribution >= 4 is 0 Å². The summed E-state index contributed by atoms with van der Waals surface area (Å²) in [6.07, 6.45) is 5.74. The number of rotatable bonds is 4. The maximum atomic E-state index is 6.07. The molecule has 1 aliphatic heterocycles. The minimum Gasteiger partial charge on any atom is -0.330 e. The average Bonchev–Trinajstić information content (AvgIpc) is 2.76. The number of nitrogens with two attached hydrogens (primary N) is 1. The van der Waals surface area contributed by atoms with Gasteiger partial charge in [-0.1, -0.05) is 6.42 Å². The van der Waals surface area contributed by atoms with Gasteiger partial charge in [0.05, 0.1) is 11.7 Å². The zero-order valence-corrected chi connectivity index (χ0v) is 12.5. The van der Waals surface area contributed by atoms with E-state index in [0.29, 0.717) is 18.0 Å². The monoisotopic (exact) mass is 264 g/mol. The van der Waals surface area contributed by atoms with Crippen molar-refractivity contribution < 1.29 is 0 Å². The number of likely N-dealkylation sites (tertiary alicyclic amines) is 1. The molecule has 1 fully saturated rings. The minimum atomic E-state index is 0.426. The lowest BCUT2D eigenvalue weighted by molar-refractivity contribution is 0.114. The molecule has 0 amide bonds. The lowest BCUT2D eigenvalue weighted by Gasteiger charge is -2.37. The fraction of sp³-hybridized carbons (Fsp3) is 0.800. The van der Waals surface area contributed by atoms with Gasteiger partial charge in [0, 0.05) is 18.8 Å². The lowest BCUT2D eigenvalue weighted by Crippen LogP contribution is -2.40. The highest BCUT2D eigenvalue weighted by atomic mass is 15.3. The predicted octanol–water partition coefficient (Wildman–Crippen LogP) is 2.41. The zero-order chi connectivity index (χ0) is 13.8. The minimum absolute atomic E-state index is 0.426. The van der Waals surface area contributed by atoms with Crippen molar-refractivity contribution in [3.05, 3.63) is 18.0 Å². The van der Waals surface area contributed by atoms with E-state index in [1.54, 1.807) is 0 Å². The third-order valence-electron chi connectivity index (χ3n) is 4.36. The van der Waals surface area contributed by atoms with Gasteiger partial charge < -0.3 is 5.73 Å². The first-order chi connectivity index (χ1) is 9.19. The van der Waals surface area contributed by atoms with Gasteiger partial charge in [0.15, 0.2) is 0 Å². The smallest absolute Gasteiger partial charge is 0.0560 e. The third-order valence-corrected chi connectivity index (χ3v) is 4.36. The van der Waals surface area contributed by atoms with E-state index in [0.717, 1.165) is 13.1 Å². The molecule has 0 aromatic carbocycles. The number of nitrogens with zero attached hydrogens (tertiary/aromatic N) is 3. The molecule has 1 aliphatic rings. The summed E-state index contributed by atoms with van der Waals surface area (Å²) < 4.78 is 2.13. The van der Waals surface area contributed by atoms with Gasteiger partial charge >= 0.3 is 0 Å². The highest BCUT2D eigenvalue weighted by molar-refractivity contribution is 5.10. The molecule has 19 heavy (non-hydrogen) atoms. The predicted molar refractivity (Wildman–Crippen MR) is 78.9 cm³/mol. The number of hydrogen-bond donors (Lipinski definition) is 1. The molecule has 2 unspecified atom stereocenters. The van der Waals surface area contributed by atoms with Gasteiger partial charge in [-0.2, -0.15) is 5.10 Å². The van der Waals surface area contributed by atoms with Gasteiger partial charge in [-0.25, -0.2) is 0 Å². The van der Waals surface area contributed by atoms with Crippen LogP contribution >= 0.6 is 0 Å². The summed E-state index contributed by atoms with van der Waals surface area (Å²) in [6.45, 7) is 9.61. The molecule has 2 rings (SSSR count). The molecule has 1 saturated heterocycles. The van der Waals surface area contributed by atoms with Crippen LogP contribution in [0.3, 0.4) is 0 Å². The number of hydrogen-bond acceptors (Lipinski definition) is 3. The van der Waals surface area contributed by atoms with E-state index in [9.17, 15) is 0 Å². The first kappa shape index (κ1) is 14.5. The molecule has 1 aromatic rings. The summed E-state index contributed by atoms with van der Waals surface area (Å²) in [5, 5.41) is 4.45. The van der Waals surface area contributed by atoms with Gasteiger partial charge in [0.2, 0.25) is 0 Å². The highest BCUT2D eigenvalue weighted by Crippen LogP contribution is 2.35. The maximum Gasteiger partial charge on any atom is 0.0560 e. The van der Waals surface area contributed by atoms with Gasteiger partial charge in [-0.05, 0) is 58.7 Å². The Labute approximate surface area is 117 Å². The molecular formula is C15H28N4. The molecular weight excluding hydrogens is 236 g/mol. The molecule has 2 atom stereocenters. The van der Waals surface area contributed by atoms with E-state index in [1.807, 2.05) is 6.20 Å². The van der Waals surface area contributed by atoms with Crippen LogP contribution < -0.4 is 5.73 Å². The first-order valence-electron chi connectivity index (χ1n) is 7.66. The Balaban J connectivity index is 2.37. The maximum absolute atomic E-state index is 6.07. The Hall–Kier alpha value is -0.870. The summed E-state index contributed by atoms with van der Waals surface area (Å²) in [6, 6.07) is 3.16. The van der Waals surface area contributed by atoms with Crippen LogP contribution in [0.15, 0.2) is 12.3 Å². The molecule has 4 nitrogen and oxygen atoms in total. The molecule has 0 radical (unpaired) electrons. The summed E-state index contributed by atoms with van der Waals surface area (Å²) in [5.41, 5.74) is 7.41. The molecule has 2 N–H and O–H groups in total. The van der Waals surface area contributed by atoms with Crippen LogP contribution in [0, 0.1) is 5.92 Å². The third kappa shape index (κ3) is 3.00. The van der Waals surface area contributed by atoms with Crippen LogP contribution in [-0.2, 0) is 6.54 Å². The normalized spacial score (nSPS) is 25.7. The van der Waals surface area contributed by atoms with Crippen LogP contribution in [0.1, 0.15) is 51.8 Å².